The van der Waals surface area contributed by atoms with E-state index in [0.29, 0.717) is 12.3 Å². The van der Waals surface area contributed by atoms with E-state index in [1.165, 1.54) is 6.07 Å². The first kappa shape index (κ1) is 13.5. The number of ether oxygens (including phenoxy) is 1. The summed E-state index contributed by atoms with van der Waals surface area (Å²) in [5.41, 5.74) is 0.797. The fourth-order valence-electron chi connectivity index (χ4n) is 1.75. The second kappa shape index (κ2) is 6.33. The SMILES string of the molecule is CCNCc1cccc(F)c1Oc1cnn(CC)c1. The Morgan fingerprint density at radius 2 is 2.21 bits per heavy atom. The van der Waals surface area contributed by atoms with Crippen molar-refractivity contribution in [1.29, 1.82) is 0 Å². The van der Waals surface area contributed by atoms with E-state index in [1.807, 2.05) is 19.9 Å². The van der Waals surface area contributed by atoms with Gasteiger partial charge in [-0.3, -0.25) is 4.68 Å². The minimum absolute atomic E-state index is 0.263. The van der Waals surface area contributed by atoms with Crippen LogP contribution < -0.4 is 10.1 Å². The molecule has 0 radical (unpaired) electrons. The van der Waals surface area contributed by atoms with Gasteiger partial charge in [0.15, 0.2) is 17.3 Å². The van der Waals surface area contributed by atoms with E-state index in [0.717, 1.165) is 18.7 Å². The van der Waals surface area contributed by atoms with Gasteiger partial charge in [0.2, 0.25) is 0 Å². The lowest BCUT2D eigenvalue weighted by Gasteiger charge is -2.11. The predicted octanol–water partition coefficient (Wildman–Crippen LogP) is 2.94. The van der Waals surface area contributed by atoms with Crippen LogP contribution in [-0.2, 0) is 13.1 Å². The van der Waals surface area contributed by atoms with E-state index >= 15 is 0 Å². The molecule has 0 aliphatic rings. The minimum Gasteiger partial charge on any atom is -0.451 e. The summed E-state index contributed by atoms with van der Waals surface area (Å²) in [6.45, 7) is 6.14. The van der Waals surface area contributed by atoms with Gasteiger partial charge in [0.25, 0.3) is 0 Å². The van der Waals surface area contributed by atoms with Crippen molar-refractivity contribution < 1.29 is 9.13 Å². The third-order valence-corrected chi connectivity index (χ3v) is 2.77. The van der Waals surface area contributed by atoms with Gasteiger partial charge in [-0.2, -0.15) is 5.10 Å². The lowest BCUT2D eigenvalue weighted by Crippen LogP contribution is -2.12. The minimum atomic E-state index is -0.361. The predicted molar refractivity (Wildman–Crippen MR) is 71.8 cm³/mol. The zero-order chi connectivity index (χ0) is 13.7. The quantitative estimate of drug-likeness (QED) is 0.871. The first-order valence-corrected chi connectivity index (χ1v) is 6.43. The topological polar surface area (TPSA) is 39.1 Å². The highest BCUT2D eigenvalue weighted by atomic mass is 19.1. The molecular formula is C14H18FN3O. The number of hydrogen-bond acceptors (Lipinski definition) is 3. The van der Waals surface area contributed by atoms with Crippen LogP contribution in [0, 0.1) is 5.82 Å². The van der Waals surface area contributed by atoms with Gasteiger partial charge in [-0.15, -0.1) is 0 Å². The van der Waals surface area contributed by atoms with Crippen molar-refractivity contribution in [2.24, 2.45) is 0 Å². The summed E-state index contributed by atoms with van der Waals surface area (Å²) in [6, 6.07) is 4.94. The van der Waals surface area contributed by atoms with Crippen molar-refractivity contribution in [3.8, 4) is 11.5 Å². The molecule has 0 saturated heterocycles. The highest BCUT2D eigenvalue weighted by Gasteiger charge is 2.11. The monoisotopic (exact) mass is 263 g/mol. The van der Waals surface area contributed by atoms with Crippen molar-refractivity contribution in [1.82, 2.24) is 15.1 Å². The molecule has 0 unspecified atom stereocenters. The molecule has 1 aromatic heterocycles. The van der Waals surface area contributed by atoms with E-state index in [9.17, 15) is 4.39 Å². The van der Waals surface area contributed by atoms with E-state index < -0.39 is 0 Å². The Balaban J connectivity index is 2.22. The Morgan fingerprint density at radius 3 is 2.89 bits per heavy atom. The smallest absolute Gasteiger partial charge is 0.167 e. The molecule has 0 saturated carbocycles. The Bertz CT molecular complexity index is 539. The van der Waals surface area contributed by atoms with Crippen LogP contribution in [0.3, 0.4) is 0 Å². The number of nitrogens with one attached hydrogen (secondary N) is 1. The van der Waals surface area contributed by atoms with Crippen molar-refractivity contribution in [2.45, 2.75) is 26.9 Å². The van der Waals surface area contributed by atoms with Gasteiger partial charge in [-0.05, 0) is 19.5 Å². The standard InChI is InChI=1S/C14H18FN3O/c1-3-16-8-11-6-5-7-13(15)14(11)19-12-9-17-18(4-2)10-12/h5-7,9-10,16H,3-4,8H2,1-2H3. The number of aryl methyl sites for hydroxylation is 1. The molecule has 0 spiro atoms. The molecule has 0 bridgehead atoms. The maximum absolute atomic E-state index is 13.9. The lowest BCUT2D eigenvalue weighted by molar-refractivity contribution is 0.433. The molecular weight excluding hydrogens is 245 g/mol. The summed E-state index contributed by atoms with van der Waals surface area (Å²) >= 11 is 0. The van der Waals surface area contributed by atoms with E-state index in [-0.39, 0.29) is 11.6 Å². The number of hydrogen-bond donors (Lipinski definition) is 1. The maximum atomic E-state index is 13.9. The zero-order valence-corrected chi connectivity index (χ0v) is 11.2. The highest BCUT2D eigenvalue weighted by molar-refractivity contribution is 5.38. The fourth-order valence-corrected chi connectivity index (χ4v) is 1.75. The molecule has 0 fully saturated rings. The van der Waals surface area contributed by atoms with Crippen molar-refractivity contribution in [3.63, 3.8) is 0 Å². The molecule has 5 heteroatoms. The molecule has 19 heavy (non-hydrogen) atoms. The number of para-hydroxylation sites is 1. The first-order valence-electron chi connectivity index (χ1n) is 6.43. The molecule has 0 atom stereocenters. The van der Waals surface area contributed by atoms with E-state index in [4.69, 9.17) is 4.74 Å². The molecule has 102 valence electrons. The Hall–Kier alpha value is -1.88. The van der Waals surface area contributed by atoms with Crippen molar-refractivity contribution in [3.05, 3.63) is 42.0 Å². The largest absolute Gasteiger partial charge is 0.451 e. The molecule has 1 N–H and O–H groups in total. The van der Waals surface area contributed by atoms with E-state index in [1.54, 1.807) is 23.1 Å². The molecule has 0 amide bonds. The van der Waals surface area contributed by atoms with Gasteiger partial charge >= 0.3 is 0 Å². The van der Waals surface area contributed by atoms with Gasteiger partial charge in [0.1, 0.15) is 0 Å². The van der Waals surface area contributed by atoms with Gasteiger partial charge in [-0.25, -0.2) is 4.39 Å². The van der Waals surface area contributed by atoms with Crippen molar-refractivity contribution >= 4 is 0 Å². The average Bonchev–Trinajstić information content (AvgIpc) is 2.87. The molecule has 0 aliphatic heterocycles. The molecule has 0 aliphatic carbocycles. The fraction of sp³-hybridized carbons (Fsp3) is 0.357. The summed E-state index contributed by atoms with van der Waals surface area (Å²) in [5.74, 6) is 0.448. The second-order valence-corrected chi connectivity index (χ2v) is 4.14. The maximum Gasteiger partial charge on any atom is 0.167 e. The summed E-state index contributed by atoms with van der Waals surface area (Å²) < 4.78 is 21.2. The van der Waals surface area contributed by atoms with Crippen LogP contribution in [-0.4, -0.2) is 16.3 Å². The van der Waals surface area contributed by atoms with Crippen LogP contribution in [0.15, 0.2) is 30.6 Å². The Kier molecular flexibility index (Phi) is 4.52. The third kappa shape index (κ3) is 3.32. The number of benzene rings is 1. The van der Waals surface area contributed by atoms with Crippen LogP contribution in [0.2, 0.25) is 0 Å². The lowest BCUT2D eigenvalue weighted by atomic mass is 10.2. The Morgan fingerprint density at radius 1 is 1.37 bits per heavy atom. The first-order chi connectivity index (χ1) is 9.24. The summed E-state index contributed by atoms with van der Waals surface area (Å²) in [6.07, 6.45) is 3.34. The van der Waals surface area contributed by atoms with Gasteiger partial charge < -0.3 is 10.1 Å². The van der Waals surface area contributed by atoms with Crippen LogP contribution in [0.4, 0.5) is 4.39 Å². The van der Waals surface area contributed by atoms with Crippen molar-refractivity contribution in [2.75, 3.05) is 6.54 Å². The molecule has 4 nitrogen and oxygen atoms in total. The normalized spacial score (nSPS) is 10.7. The molecule has 1 aromatic carbocycles. The van der Waals surface area contributed by atoms with Gasteiger partial charge in [-0.1, -0.05) is 19.1 Å². The van der Waals surface area contributed by atoms with E-state index in [2.05, 4.69) is 10.4 Å². The molecule has 1 heterocycles. The van der Waals surface area contributed by atoms with Crippen LogP contribution in [0.1, 0.15) is 19.4 Å². The third-order valence-electron chi connectivity index (χ3n) is 2.77. The number of halogens is 1. The van der Waals surface area contributed by atoms with Crippen LogP contribution in [0.5, 0.6) is 11.5 Å². The summed E-state index contributed by atoms with van der Waals surface area (Å²) in [7, 11) is 0. The summed E-state index contributed by atoms with van der Waals surface area (Å²) in [5, 5.41) is 7.27. The van der Waals surface area contributed by atoms with Gasteiger partial charge in [0, 0.05) is 18.7 Å². The number of aromatic nitrogens is 2. The van der Waals surface area contributed by atoms with Gasteiger partial charge in [0.05, 0.1) is 12.4 Å². The average molecular weight is 263 g/mol. The second-order valence-electron chi connectivity index (χ2n) is 4.14. The summed E-state index contributed by atoms with van der Waals surface area (Å²) in [4.78, 5) is 0. The number of nitrogens with zero attached hydrogens (tertiary/aromatic N) is 2. The number of rotatable bonds is 6. The Labute approximate surface area is 112 Å². The highest BCUT2D eigenvalue weighted by Crippen LogP contribution is 2.28. The molecule has 2 aromatic rings. The zero-order valence-electron chi connectivity index (χ0n) is 11.2. The molecule has 2 rings (SSSR count). The van der Waals surface area contributed by atoms with Crippen LogP contribution in [0.25, 0.3) is 0 Å². The van der Waals surface area contributed by atoms with Crippen LogP contribution >= 0.6 is 0 Å².